The quantitative estimate of drug-likeness (QED) is 0.409. The summed E-state index contributed by atoms with van der Waals surface area (Å²) in [6.07, 6.45) is -2.09. The minimum atomic E-state index is -4.48. The van der Waals surface area contributed by atoms with Gasteiger partial charge in [-0.2, -0.15) is 13.2 Å². The molecule has 2 aromatic carbocycles. The normalized spacial score (nSPS) is 12.6. The molecule has 0 saturated heterocycles. The molecule has 0 amide bonds. The van der Waals surface area contributed by atoms with Crippen molar-refractivity contribution in [3.63, 3.8) is 0 Å². The van der Waals surface area contributed by atoms with Crippen molar-refractivity contribution in [2.24, 2.45) is 0 Å². The van der Waals surface area contributed by atoms with Gasteiger partial charge in [0.15, 0.2) is 0 Å². The van der Waals surface area contributed by atoms with Gasteiger partial charge in [-0.25, -0.2) is 4.79 Å². The van der Waals surface area contributed by atoms with Gasteiger partial charge >= 0.3 is 12.1 Å². The molecule has 2 rings (SSSR count). The Labute approximate surface area is 165 Å². The maximum absolute atomic E-state index is 12.7. The van der Waals surface area contributed by atoms with E-state index >= 15 is 0 Å². The summed E-state index contributed by atoms with van der Waals surface area (Å²) in [5.74, 6) is 0.399. The molecule has 0 bridgehead atoms. The highest BCUT2D eigenvalue weighted by Gasteiger charge is 2.31. The minimum Gasteiger partial charge on any atom is -0.487 e. The Bertz CT molecular complexity index is 850. The Balaban J connectivity index is 2.06. The van der Waals surface area contributed by atoms with Crippen molar-refractivity contribution >= 4 is 17.6 Å². The Morgan fingerprint density at radius 1 is 1.18 bits per heavy atom. The maximum Gasteiger partial charge on any atom is 0.416 e. The van der Waals surface area contributed by atoms with Gasteiger partial charge in [-0.15, -0.1) is 0 Å². The van der Waals surface area contributed by atoms with Crippen LogP contribution in [0.15, 0.2) is 54.6 Å². The van der Waals surface area contributed by atoms with Crippen LogP contribution in [0.3, 0.4) is 0 Å². The molecular formula is C20H18ClF3O4. The second-order valence-corrected chi connectivity index (χ2v) is 6.06. The van der Waals surface area contributed by atoms with E-state index in [9.17, 15) is 18.0 Å². The lowest BCUT2D eigenvalue weighted by molar-refractivity contribution is -0.138. The van der Waals surface area contributed by atoms with Crippen LogP contribution in [0.25, 0.3) is 0 Å². The van der Waals surface area contributed by atoms with Crippen LogP contribution in [0.2, 0.25) is 5.02 Å². The zero-order chi connectivity index (χ0) is 20.7. The van der Waals surface area contributed by atoms with Gasteiger partial charge < -0.3 is 14.2 Å². The van der Waals surface area contributed by atoms with E-state index in [1.165, 1.54) is 12.2 Å². The smallest absolute Gasteiger partial charge is 0.416 e. The van der Waals surface area contributed by atoms with Crippen molar-refractivity contribution in [2.45, 2.75) is 26.1 Å². The predicted octanol–water partition coefficient (Wildman–Crippen LogP) is 6.04. The second kappa shape index (κ2) is 9.50. The first-order valence-corrected chi connectivity index (χ1v) is 8.73. The Morgan fingerprint density at radius 3 is 2.54 bits per heavy atom. The third-order valence-electron chi connectivity index (χ3n) is 3.40. The number of esters is 1. The summed E-state index contributed by atoms with van der Waals surface area (Å²) in [6.45, 7) is 3.72. The molecule has 0 heterocycles. The Hall–Kier alpha value is -2.67. The van der Waals surface area contributed by atoms with Crippen LogP contribution in [-0.4, -0.2) is 18.7 Å². The highest BCUT2D eigenvalue weighted by molar-refractivity contribution is 6.32. The standard InChI is InChI=1S/C20H18ClF3O4/c1-3-26-19(25)10-7-13(2)27-15-5-4-6-16(12-15)28-18-9-8-14(11-17(18)21)20(22,23)24/h4-13H,3H2,1-2H3/b10-7+. The molecule has 0 N–H and O–H groups in total. The number of ether oxygens (including phenoxy) is 3. The Morgan fingerprint density at radius 2 is 1.89 bits per heavy atom. The van der Waals surface area contributed by atoms with E-state index < -0.39 is 23.8 Å². The van der Waals surface area contributed by atoms with Crippen molar-refractivity contribution < 1.29 is 32.2 Å². The van der Waals surface area contributed by atoms with Crippen molar-refractivity contribution in [3.05, 3.63) is 65.2 Å². The number of alkyl halides is 3. The third-order valence-corrected chi connectivity index (χ3v) is 3.70. The maximum atomic E-state index is 12.7. The average Bonchev–Trinajstić information content (AvgIpc) is 2.61. The highest BCUT2D eigenvalue weighted by Crippen LogP contribution is 2.36. The largest absolute Gasteiger partial charge is 0.487 e. The van der Waals surface area contributed by atoms with Gasteiger partial charge in [-0.05, 0) is 50.3 Å². The van der Waals surface area contributed by atoms with E-state index in [0.29, 0.717) is 11.5 Å². The molecule has 1 atom stereocenters. The summed E-state index contributed by atoms with van der Waals surface area (Å²) >= 11 is 5.90. The van der Waals surface area contributed by atoms with Crippen LogP contribution in [0, 0.1) is 0 Å². The second-order valence-electron chi connectivity index (χ2n) is 5.65. The van der Waals surface area contributed by atoms with Crippen LogP contribution in [0.5, 0.6) is 17.2 Å². The molecule has 2 aromatic rings. The van der Waals surface area contributed by atoms with Crippen LogP contribution in [0.1, 0.15) is 19.4 Å². The lowest BCUT2D eigenvalue weighted by atomic mass is 10.2. The monoisotopic (exact) mass is 414 g/mol. The fraction of sp³-hybridized carbons (Fsp3) is 0.250. The van der Waals surface area contributed by atoms with Crippen LogP contribution < -0.4 is 9.47 Å². The van der Waals surface area contributed by atoms with Crippen LogP contribution in [-0.2, 0) is 15.7 Å². The molecule has 150 valence electrons. The third kappa shape index (κ3) is 6.49. The number of hydrogen-bond acceptors (Lipinski definition) is 4. The molecule has 0 saturated carbocycles. The molecule has 4 nitrogen and oxygen atoms in total. The summed E-state index contributed by atoms with van der Waals surface area (Å²) in [7, 11) is 0. The number of carbonyl (C=O) groups is 1. The van der Waals surface area contributed by atoms with E-state index in [4.69, 9.17) is 25.8 Å². The highest BCUT2D eigenvalue weighted by atomic mass is 35.5. The average molecular weight is 415 g/mol. The molecular weight excluding hydrogens is 397 g/mol. The lowest BCUT2D eigenvalue weighted by Crippen LogP contribution is -2.09. The van der Waals surface area contributed by atoms with Crippen LogP contribution >= 0.6 is 11.6 Å². The molecule has 28 heavy (non-hydrogen) atoms. The van der Waals surface area contributed by atoms with E-state index in [1.807, 2.05) is 0 Å². The van der Waals surface area contributed by atoms with E-state index in [-0.39, 0.29) is 17.4 Å². The van der Waals surface area contributed by atoms with Crippen molar-refractivity contribution in [2.75, 3.05) is 6.61 Å². The molecule has 0 fully saturated rings. The zero-order valence-electron chi connectivity index (χ0n) is 15.1. The number of hydrogen-bond donors (Lipinski definition) is 0. The summed E-state index contributed by atoms with van der Waals surface area (Å²) < 4.78 is 54.1. The van der Waals surface area contributed by atoms with Gasteiger partial charge in [0.1, 0.15) is 23.4 Å². The van der Waals surface area contributed by atoms with Crippen molar-refractivity contribution in [1.29, 1.82) is 0 Å². The van der Waals surface area contributed by atoms with Crippen molar-refractivity contribution in [1.82, 2.24) is 0 Å². The van der Waals surface area contributed by atoms with Gasteiger partial charge in [0.25, 0.3) is 0 Å². The molecule has 0 aliphatic heterocycles. The number of rotatable bonds is 7. The van der Waals surface area contributed by atoms with Gasteiger partial charge in [0.05, 0.1) is 17.2 Å². The van der Waals surface area contributed by atoms with Gasteiger partial charge in [-0.1, -0.05) is 17.7 Å². The lowest BCUT2D eigenvalue weighted by Gasteiger charge is -2.14. The van der Waals surface area contributed by atoms with Gasteiger partial charge in [0.2, 0.25) is 0 Å². The molecule has 0 aromatic heterocycles. The number of benzene rings is 2. The molecule has 0 spiro atoms. The van der Waals surface area contributed by atoms with Gasteiger partial charge in [0, 0.05) is 12.1 Å². The summed E-state index contributed by atoms with van der Waals surface area (Å²) in [4.78, 5) is 11.3. The fourth-order valence-corrected chi connectivity index (χ4v) is 2.38. The predicted molar refractivity (Wildman–Crippen MR) is 98.8 cm³/mol. The summed E-state index contributed by atoms with van der Waals surface area (Å²) in [5, 5.41) is -0.160. The fourth-order valence-electron chi connectivity index (χ4n) is 2.16. The summed E-state index contributed by atoms with van der Waals surface area (Å²) in [5.41, 5.74) is -0.857. The molecule has 0 radical (unpaired) electrons. The number of carbonyl (C=O) groups excluding carboxylic acids is 1. The van der Waals surface area contributed by atoms with Crippen molar-refractivity contribution in [3.8, 4) is 17.2 Å². The van der Waals surface area contributed by atoms with Crippen LogP contribution in [0.4, 0.5) is 13.2 Å². The molecule has 0 aliphatic rings. The van der Waals surface area contributed by atoms with E-state index in [0.717, 1.165) is 18.2 Å². The SMILES string of the molecule is CCOC(=O)/C=C/C(C)Oc1cccc(Oc2ccc(C(F)(F)F)cc2Cl)c1. The topological polar surface area (TPSA) is 44.8 Å². The zero-order valence-corrected chi connectivity index (χ0v) is 15.9. The first kappa shape index (κ1) is 21.6. The van der Waals surface area contributed by atoms with Gasteiger partial charge in [-0.3, -0.25) is 0 Å². The first-order valence-electron chi connectivity index (χ1n) is 8.35. The number of halogens is 4. The molecule has 0 aliphatic carbocycles. The molecule has 8 heteroatoms. The molecule has 1 unspecified atom stereocenters. The summed E-state index contributed by atoms with van der Waals surface area (Å²) in [6, 6.07) is 9.36. The Kier molecular flexibility index (Phi) is 7.34. The van der Waals surface area contributed by atoms with E-state index in [1.54, 1.807) is 38.1 Å². The van der Waals surface area contributed by atoms with E-state index in [2.05, 4.69) is 0 Å². The first-order chi connectivity index (χ1) is 13.2. The minimum absolute atomic E-state index is 0.0853.